The molecule has 2 rings (SSSR count). The second kappa shape index (κ2) is 6.76. The van der Waals surface area contributed by atoms with E-state index in [0.29, 0.717) is 18.2 Å². The Labute approximate surface area is 132 Å². The van der Waals surface area contributed by atoms with E-state index in [1.807, 2.05) is 11.9 Å². The van der Waals surface area contributed by atoms with Crippen LogP contribution in [0.1, 0.15) is 23.2 Å². The number of carbonyl (C=O) groups is 1. The van der Waals surface area contributed by atoms with Crippen LogP contribution in [-0.2, 0) is 10.0 Å². The molecule has 1 atom stereocenters. The number of carbonyl (C=O) groups excluding carboxylic acids is 1. The summed E-state index contributed by atoms with van der Waals surface area (Å²) < 4.78 is 25.2. The molecule has 1 aliphatic rings. The van der Waals surface area contributed by atoms with E-state index in [1.54, 1.807) is 12.1 Å². The van der Waals surface area contributed by atoms with Crippen molar-refractivity contribution in [2.24, 2.45) is 0 Å². The third-order valence-electron chi connectivity index (χ3n) is 4.00. The highest BCUT2D eigenvalue weighted by atomic mass is 32.2. The van der Waals surface area contributed by atoms with E-state index in [-0.39, 0.29) is 10.8 Å². The van der Waals surface area contributed by atoms with Crippen LogP contribution in [-0.4, -0.2) is 63.8 Å². The number of amides is 1. The maximum atomic E-state index is 12.5. The van der Waals surface area contributed by atoms with Crippen molar-refractivity contribution in [3.63, 3.8) is 0 Å². The van der Waals surface area contributed by atoms with E-state index in [9.17, 15) is 13.2 Å². The molecule has 122 valence electrons. The highest BCUT2D eigenvalue weighted by Crippen LogP contribution is 2.17. The van der Waals surface area contributed by atoms with E-state index in [1.165, 1.54) is 26.2 Å². The highest BCUT2D eigenvalue weighted by molar-refractivity contribution is 7.89. The van der Waals surface area contributed by atoms with E-state index < -0.39 is 10.0 Å². The first-order chi connectivity index (χ1) is 10.4. The Balaban J connectivity index is 2.15. The average Bonchev–Trinajstić information content (AvgIpc) is 2.54. The molecule has 7 heteroatoms. The summed E-state index contributed by atoms with van der Waals surface area (Å²) in [6.45, 7) is 1.43. The first-order valence-electron chi connectivity index (χ1n) is 7.35. The van der Waals surface area contributed by atoms with Crippen LogP contribution in [0.15, 0.2) is 29.2 Å². The molecule has 0 aromatic heterocycles. The molecule has 0 bridgehead atoms. The minimum absolute atomic E-state index is 0.0475. The number of likely N-dealkylation sites (tertiary alicyclic amines) is 1. The van der Waals surface area contributed by atoms with Gasteiger partial charge in [0.15, 0.2) is 0 Å². The van der Waals surface area contributed by atoms with Crippen LogP contribution < -0.4 is 5.32 Å². The second-order valence-corrected chi connectivity index (χ2v) is 7.84. The Morgan fingerprint density at radius 2 is 1.91 bits per heavy atom. The smallest absolute Gasteiger partial charge is 0.253 e. The number of nitrogens with one attached hydrogen (secondary N) is 1. The molecule has 1 fully saturated rings. The normalized spacial score (nSPS) is 19.5. The summed E-state index contributed by atoms with van der Waals surface area (Å²) in [6, 6.07) is 6.47. The maximum Gasteiger partial charge on any atom is 0.253 e. The molecule has 22 heavy (non-hydrogen) atoms. The summed E-state index contributed by atoms with van der Waals surface area (Å²) in [4.78, 5) is 14.5. The van der Waals surface area contributed by atoms with E-state index in [4.69, 9.17) is 0 Å². The van der Waals surface area contributed by atoms with Gasteiger partial charge in [-0.25, -0.2) is 12.7 Å². The molecule has 1 saturated heterocycles. The van der Waals surface area contributed by atoms with Crippen LogP contribution >= 0.6 is 0 Å². The van der Waals surface area contributed by atoms with Crippen LogP contribution in [0.4, 0.5) is 0 Å². The Kier molecular flexibility index (Phi) is 5.20. The van der Waals surface area contributed by atoms with Crippen LogP contribution in [0.3, 0.4) is 0 Å². The molecule has 6 nitrogen and oxygen atoms in total. The van der Waals surface area contributed by atoms with Gasteiger partial charge in [0.1, 0.15) is 0 Å². The minimum atomic E-state index is -3.46. The second-order valence-electron chi connectivity index (χ2n) is 5.69. The maximum absolute atomic E-state index is 12.5. The van der Waals surface area contributed by atoms with Crippen LogP contribution in [0, 0.1) is 0 Å². The minimum Gasteiger partial charge on any atom is -0.337 e. The van der Waals surface area contributed by atoms with Gasteiger partial charge in [-0.05, 0) is 44.2 Å². The number of piperidine rings is 1. The fourth-order valence-electron chi connectivity index (χ4n) is 2.56. The highest BCUT2D eigenvalue weighted by Gasteiger charge is 2.24. The van der Waals surface area contributed by atoms with Gasteiger partial charge in [-0.3, -0.25) is 4.79 Å². The fourth-order valence-corrected chi connectivity index (χ4v) is 3.46. The first kappa shape index (κ1) is 16.9. The van der Waals surface area contributed by atoms with Crippen LogP contribution in [0.5, 0.6) is 0 Å². The van der Waals surface area contributed by atoms with Crippen LogP contribution in [0.2, 0.25) is 0 Å². The summed E-state index contributed by atoms with van der Waals surface area (Å²) >= 11 is 0. The van der Waals surface area contributed by atoms with Gasteiger partial charge in [0.2, 0.25) is 10.0 Å². The Morgan fingerprint density at radius 1 is 1.27 bits per heavy atom. The predicted molar refractivity (Wildman–Crippen MR) is 85.3 cm³/mol. The van der Waals surface area contributed by atoms with Gasteiger partial charge < -0.3 is 10.2 Å². The van der Waals surface area contributed by atoms with E-state index >= 15 is 0 Å². The topological polar surface area (TPSA) is 69.7 Å². The number of hydrogen-bond donors (Lipinski definition) is 1. The number of nitrogens with zero attached hydrogens (tertiary/aromatic N) is 2. The Bertz CT molecular complexity index is 626. The predicted octanol–water partition coefficient (Wildman–Crippen LogP) is 0.761. The molecule has 1 unspecified atom stereocenters. The van der Waals surface area contributed by atoms with Gasteiger partial charge in [-0.15, -0.1) is 0 Å². The average molecular weight is 325 g/mol. The van der Waals surface area contributed by atoms with Gasteiger partial charge in [-0.2, -0.15) is 0 Å². The molecule has 0 aliphatic carbocycles. The lowest BCUT2D eigenvalue weighted by Gasteiger charge is -2.32. The van der Waals surface area contributed by atoms with Crippen molar-refractivity contribution in [3.8, 4) is 0 Å². The lowest BCUT2D eigenvalue weighted by atomic mass is 10.0. The summed E-state index contributed by atoms with van der Waals surface area (Å²) in [7, 11) is 1.42. The van der Waals surface area contributed by atoms with Crippen molar-refractivity contribution in [2.75, 3.05) is 34.2 Å². The molecule has 1 aliphatic heterocycles. The zero-order chi connectivity index (χ0) is 16.3. The molecule has 1 N–H and O–H groups in total. The van der Waals surface area contributed by atoms with Gasteiger partial charge in [0, 0.05) is 38.8 Å². The van der Waals surface area contributed by atoms with Crippen molar-refractivity contribution in [1.29, 1.82) is 0 Å². The monoisotopic (exact) mass is 325 g/mol. The number of rotatable bonds is 4. The molecule has 1 aromatic carbocycles. The standard InChI is InChI=1S/C15H23N3O3S/c1-16-13-5-4-10-18(11-13)15(19)12-6-8-14(9-7-12)22(20,21)17(2)3/h6-9,13,16H,4-5,10-11H2,1-3H3. The van der Waals surface area contributed by atoms with Gasteiger partial charge in [-0.1, -0.05) is 0 Å². The number of hydrogen-bond acceptors (Lipinski definition) is 4. The number of sulfonamides is 1. The van der Waals surface area contributed by atoms with Gasteiger partial charge >= 0.3 is 0 Å². The molecular formula is C15H23N3O3S. The van der Waals surface area contributed by atoms with Crippen molar-refractivity contribution in [3.05, 3.63) is 29.8 Å². The van der Waals surface area contributed by atoms with E-state index in [0.717, 1.165) is 23.7 Å². The molecule has 0 radical (unpaired) electrons. The van der Waals surface area contributed by atoms with Crippen molar-refractivity contribution in [1.82, 2.24) is 14.5 Å². The van der Waals surface area contributed by atoms with Crippen molar-refractivity contribution in [2.45, 2.75) is 23.8 Å². The number of likely N-dealkylation sites (N-methyl/N-ethyl adjacent to an activating group) is 1. The molecule has 1 heterocycles. The third-order valence-corrected chi connectivity index (χ3v) is 5.83. The zero-order valence-corrected chi connectivity index (χ0v) is 14.1. The Hall–Kier alpha value is -1.44. The SMILES string of the molecule is CNC1CCCN(C(=O)c2ccc(S(=O)(=O)N(C)C)cc2)C1. The lowest BCUT2D eigenvalue weighted by molar-refractivity contribution is 0.0698. The lowest BCUT2D eigenvalue weighted by Crippen LogP contribution is -2.46. The van der Waals surface area contributed by atoms with Crippen molar-refractivity contribution >= 4 is 15.9 Å². The quantitative estimate of drug-likeness (QED) is 0.887. The first-order valence-corrected chi connectivity index (χ1v) is 8.79. The van der Waals surface area contributed by atoms with E-state index in [2.05, 4.69) is 5.32 Å². The zero-order valence-electron chi connectivity index (χ0n) is 13.2. The van der Waals surface area contributed by atoms with Crippen molar-refractivity contribution < 1.29 is 13.2 Å². The summed E-state index contributed by atoms with van der Waals surface area (Å²) in [5.74, 6) is -0.0475. The number of benzene rings is 1. The molecule has 1 aromatic rings. The summed E-state index contributed by atoms with van der Waals surface area (Å²) in [5, 5.41) is 3.20. The molecule has 0 saturated carbocycles. The summed E-state index contributed by atoms with van der Waals surface area (Å²) in [6.07, 6.45) is 2.05. The van der Waals surface area contributed by atoms with Gasteiger partial charge in [0.05, 0.1) is 4.90 Å². The largest absolute Gasteiger partial charge is 0.337 e. The summed E-state index contributed by atoms with van der Waals surface area (Å²) in [5.41, 5.74) is 0.523. The molecule has 0 spiro atoms. The Morgan fingerprint density at radius 3 is 2.45 bits per heavy atom. The fraction of sp³-hybridized carbons (Fsp3) is 0.533. The molecule has 1 amide bonds. The van der Waals surface area contributed by atoms with Gasteiger partial charge in [0.25, 0.3) is 5.91 Å². The van der Waals surface area contributed by atoms with Crippen LogP contribution in [0.25, 0.3) is 0 Å². The third kappa shape index (κ3) is 3.48. The molecular weight excluding hydrogens is 302 g/mol.